The maximum absolute atomic E-state index is 15.0. The number of carbonyl (C=O) groups is 1. The first-order valence-electron chi connectivity index (χ1n) is 17.5. The summed E-state index contributed by atoms with van der Waals surface area (Å²) in [7, 11) is 4.18. The van der Waals surface area contributed by atoms with Crippen molar-refractivity contribution in [2.45, 2.75) is 52.0 Å². The molecule has 258 valence electrons. The Morgan fingerprint density at radius 1 is 1.04 bits per heavy atom. The molecule has 10 nitrogen and oxygen atoms in total. The molecule has 0 unspecified atom stereocenters. The molecule has 1 amide bonds. The standard InChI is InChI=1S/C38H46FN7O3/c1-4-29-31(39)10-9-26-20-28(47)22-33(35(26)29)46-17-11-30-32(23-46)41-37(49-25-38(12-13-38)24-43(2)3)42-36(30)45-16-7-15-44(18-19-45)34(48)21-27-8-5-6-14-40-27/h5-6,8-10,14,20,22,47H,4,7,11-13,15-19,21,23-25H2,1-3H3. The fourth-order valence-electron chi connectivity index (χ4n) is 7.55. The highest BCUT2D eigenvalue weighted by atomic mass is 19.1. The van der Waals surface area contributed by atoms with Crippen molar-refractivity contribution in [1.29, 1.82) is 0 Å². The fraction of sp³-hybridized carbons (Fsp3) is 0.474. The first-order valence-corrected chi connectivity index (χ1v) is 17.5. The van der Waals surface area contributed by atoms with Crippen LogP contribution in [0, 0.1) is 11.2 Å². The molecule has 0 spiro atoms. The van der Waals surface area contributed by atoms with Crippen LogP contribution in [-0.2, 0) is 30.6 Å². The highest BCUT2D eigenvalue weighted by molar-refractivity contribution is 5.98. The van der Waals surface area contributed by atoms with Crippen LogP contribution in [0.4, 0.5) is 15.9 Å². The molecule has 0 atom stereocenters. The Kier molecular flexibility index (Phi) is 9.28. The zero-order valence-electron chi connectivity index (χ0n) is 28.8. The molecule has 3 aliphatic rings. The van der Waals surface area contributed by atoms with Gasteiger partial charge in [0.15, 0.2) is 0 Å². The van der Waals surface area contributed by atoms with Crippen LogP contribution in [-0.4, -0.2) is 95.7 Å². The van der Waals surface area contributed by atoms with E-state index in [0.717, 1.165) is 71.6 Å². The number of pyridine rings is 1. The van der Waals surface area contributed by atoms with Gasteiger partial charge in [0.05, 0.1) is 25.3 Å². The van der Waals surface area contributed by atoms with E-state index in [-0.39, 0.29) is 22.9 Å². The van der Waals surface area contributed by atoms with Crippen LogP contribution in [0.25, 0.3) is 10.8 Å². The van der Waals surface area contributed by atoms with Crippen molar-refractivity contribution in [2.24, 2.45) is 5.41 Å². The largest absolute Gasteiger partial charge is 0.508 e. The zero-order chi connectivity index (χ0) is 34.1. The van der Waals surface area contributed by atoms with E-state index in [1.165, 1.54) is 6.07 Å². The second kappa shape index (κ2) is 13.8. The number of aromatic hydroxyl groups is 1. The molecule has 4 aromatic rings. The van der Waals surface area contributed by atoms with Crippen molar-refractivity contribution in [1.82, 2.24) is 24.8 Å². The van der Waals surface area contributed by atoms with Gasteiger partial charge in [-0.25, -0.2) is 4.39 Å². The highest BCUT2D eigenvalue weighted by Gasteiger charge is 2.44. The van der Waals surface area contributed by atoms with Gasteiger partial charge in [0.2, 0.25) is 5.91 Å². The lowest BCUT2D eigenvalue weighted by atomic mass is 9.97. The van der Waals surface area contributed by atoms with Crippen LogP contribution in [0.2, 0.25) is 0 Å². The molecule has 2 fully saturated rings. The summed E-state index contributed by atoms with van der Waals surface area (Å²) in [6.45, 7) is 7.30. The summed E-state index contributed by atoms with van der Waals surface area (Å²) in [4.78, 5) is 36.3. The molecule has 11 heteroatoms. The number of aryl methyl sites for hydroxylation is 1. The van der Waals surface area contributed by atoms with Gasteiger partial charge < -0.3 is 29.4 Å². The molecule has 0 bridgehead atoms. The number of hydrogen-bond acceptors (Lipinski definition) is 9. The van der Waals surface area contributed by atoms with E-state index in [1.54, 1.807) is 24.4 Å². The molecule has 2 aromatic carbocycles. The van der Waals surface area contributed by atoms with E-state index in [4.69, 9.17) is 14.7 Å². The second-order valence-corrected chi connectivity index (χ2v) is 14.1. The summed E-state index contributed by atoms with van der Waals surface area (Å²) in [5.74, 6) is 0.871. The van der Waals surface area contributed by atoms with E-state index < -0.39 is 0 Å². The summed E-state index contributed by atoms with van der Waals surface area (Å²) in [6.07, 6.45) is 6.30. The number of carbonyl (C=O) groups excluding carboxylic acids is 1. The number of fused-ring (bicyclic) bond motifs is 2. The third-order valence-corrected chi connectivity index (χ3v) is 10.2. The van der Waals surface area contributed by atoms with Gasteiger partial charge in [-0.15, -0.1) is 0 Å². The van der Waals surface area contributed by atoms with Crippen molar-refractivity contribution in [2.75, 3.05) is 69.8 Å². The Hall–Kier alpha value is -4.51. The first-order chi connectivity index (χ1) is 23.7. The molecule has 49 heavy (non-hydrogen) atoms. The van der Waals surface area contributed by atoms with E-state index in [0.29, 0.717) is 70.2 Å². The summed E-state index contributed by atoms with van der Waals surface area (Å²) >= 11 is 0. The molecule has 4 heterocycles. The molecule has 0 radical (unpaired) electrons. The third-order valence-electron chi connectivity index (χ3n) is 10.2. The average molecular weight is 668 g/mol. The van der Waals surface area contributed by atoms with Gasteiger partial charge in [-0.3, -0.25) is 9.78 Å². The van der Waals surface area contributed by atoms with Gasteiger partial charge in [-0.05, 0) is 81.4 Å². The number of benzene rings is 2. The third kappa shape index (κ3) is 7.13. The number of phenolic OH excluding ortho intramolecular Hbond substituents is 1. The Balaban J connectivity index is 1.19. The number of hydrogen-bond donors (Lipinski definition) is 1. The quantitative estimate of drug-likeness (QED) is 0.251. The van der Waals surface area contributed by atoms with Gasteiger partial charge in [0.25, 0.3) is 0 Å². The van der Waals surface area contributed by atoms with Gasteiger partial charge in [-0.2, -0.15) is 9.97 Å². The molecule has 2 aliphatic heterocycles. The number of amides is 1. The lowest BCUT2D eigenvalue weighted by Crippen LogP contribution is -2.38. The maximum Gasteiger partial charge on any atom is 0.318 e. The summed E-state index contributed by atoms with van der Waals surface area (Å²) in [6, 6.07) is 12.7. The predicted molar refractivity (Wildman–Crippen MR) is 189 cm³/mol. The van der Waals surface area contributed by atoms with Crippen LogP contribution in [0.15, 0.2) is 48.7 Å². The molecule has 1 N–H and O–H groups in total. The van der Waals surface area contributed by atoms with Gasteiger partial charge in [0.1, 0.15) is 17.4 Å². The molecular formula is C38H46FN7O3. The number of nitrogens with zero attached hydrogens (tertiary/aromatic N) is 7. The Morgan fingerprint density at radius 2 is 1.90 bits per heavy atom. The fourth-order valence-corrected chi connectivity index (χ4v) is 7.55. The molecule has 7 rings (SSSR count). The van der Waals surface area contributed by atoms with Crippen molar-refractivity contribution in [3.05, 3.63) is 77.0 Å². The highest BCUT2D eigenvalue weighted by Crippen LogP contribution is 2.46. The molecule has 2 aromatic heterocycles. The molecule has 1 saturated heterocycles. The van der Waals surface area contributed by atoms with Crippen LogP contribution in [0.1, 0.15) is 48.7 Å². The topological polar surface area (TPSA) is 98.2 Å². The zero-order valence-corrected chi connectivity index (χ0v) is 28.8. The van der Waals surface area contributed by atoms with E-state index in [2.05, 4.69) is 33.8 Å². The Morgan fingerprint density at radius 3 is 2.65 bits per heavy atom. The van der Waals surface area contributed by atoms with E-state index in [9.17, 15) is 9.90 Å². The van der Waals surface area contributed by atoms with Gasteiger partial charge >= 0.3 is 6.01 Å². The number of aromatic nitrogens is 3. The van der Waals surface area contributed by atoms with Crippen molar-refractivity contribution in [3.63, 3.8) is 0 Å². The lowest BCUT2D eigenvalue weighted by molar-refractivity contribution is -0.130. The number of ether oxygens (including phenoxy) is 1. The summed E-state index contributed by atoms with van der Waals surface area (Å²) in [5, 5.41) is 12.3. The summed E-state index contributed by atoms with van der Waals surface area (Å²) in [5.41, 5.74) is 4.31. The van der Waals surface area contributed by atoms with Crippen LogP contribution in [0.3, 0.4) is 0 Å². The molecule has 1 saturated carbocycles. The van der Waals surface area contributed by atoms with Crippen LogP contribution >= 0.6 is 0 Å². The number of halogens is 1. The van der Waals surface area contributed by atoms with Crippen molar-refractivity contribution < 1.29 is 19.0 Å². The van der Waals surface area contributed by atoms with Crippen molar-refractivity contribution in [3.8, 4) is 11.8 Å². The minimum atomic E-state index is -0.236. The van der Waals surface area contributed by atoms with Crippen LogP contribution < -0.4 is 14.5 Å². The predicted octanol–water partition coefficient (Wildman–Crippen LogP) is 5.00. The average Bonchev–Trinajstić information content (AvgIpc) is 3.90. The number of anilines is 2. The maximum atomic E-state index is 15.0. The number of rotatable bonds is 10. The van der Waals surface area contributed by atoms with Gasteiger partial charge in [-0.1, -0.05) is 19.1 Å². The number of phenols is 1. The summed E-state index contributed by atoms with van der Waals surface area (Å²) < 4.78 is 21.5. The Bertz CT molecular complexity index is 1830. The second-order valence-electron chi connectivity index (χ2n) is 14.1. The lowest BCUT2D eigenvalue weighted by Gasteiger charge is -2.34. The smallest absolute Gasteiger partial charge is 0.318 e. The minimum absolute atomic E-state index is 0.0850. The van der Waals surface area contributed by atoms with E-state index >= 15 is 4.39 Å². The Labute approximate surface area is 287 Å². The molecule has 1 aliphatic carbocycles. The van der Waals surface area contributed by atoms with E-state index in [1.807, 2.05) is 30.0 Å². The van der Waals surface area contributed by atoms with Crippen molar-refractivity contribution >= 4 is 28.2 Å². The minimum Gasteiger partial charge on any atom is -0.508 e. The normalized spacial score (nSPS) is 17.3. The monoisotopic (exact) mass is 667 g/mol. The van der Waals surface area contributed by atoms with Gasteiger partial charge in [0, 0.05) is 79.3 Å². The SMILES string of the molecule is CCc1c(F)ccc2cc(O)cc(N3CCc4c(nc(OCC5(CN(C)C)CC5)nc4N4CCCN(C(=O)Cc5ccccn5)CC4)C3)c12. The van der Waals surface area contributed by atoms with Crippen LogP contribution in [0.5, 0.6) is 11.8 Å². The first kappa shape index (κ1) is 33.0. The molecular weight excluding hydrogens is 621 g/mol.